The molecule has 0 saturated heterocycles. The smallest absolute Gasteiger partial charge is 0.252 e. The van der Waals surface area contributed by atoms with Gasteiger partial charge in [-0.15, -0.1) is 0 Å². The molecule has 3 heteroatoms. The molecule has 3 nitrogen and oxygen atoms in total. The van der Waals surface area contributed by atoms with Crippen molar-refractivity contribution in [2.24, 2.45) is 7.05 Å². The van der Waals surface area contributed by atoms with Crippen molar-refractivity contribution < 1.29 is 0 Å². The summed E-state index contributed by atoms with van der Waals surface area (Å²) < 4.78 is 1.51. The van der Waals surface area contributed by atoms with Gasteiger partial charge in [0.25, 0.3) is 5.56 Å². The third-order valence-electron chi connectivity index (χ3n) is 1.58. The van der Waals surface area contributed by atoms with Gasteiger partial charge in [0.2, 0.25) is 0 Å². The van der Waals surface area contributed by atoms with E-state index < -0.39 is 0 Å². The van der Waals surface area contributed by atoms with Crippen molar-refractivity contribution in [3.63, 3.8) is 0 Å². The van der Waals surface area contributed by atoms with Crippen molar-refractivity contribution in [1.29, 1.82) is 0 Å². The van der Waals surface area contributed by atoms with E-state index in [9.17, 15) is 4.79 Å². The number of aryl methyl sites for hydroxylation is 2. The quantitative estimate of drug-likeness (QED) is 0.652. The molecule has 1 aromatic heterocycles. The highest BCUT2D eigenvalue weighted by Gasteiger charge is 1.83. The summed E-state index contributed by atoms with van der Waals surface area (Å²) in [5, 5.41) is 0. The first-order chi connectivity index (χ1) is 7.20. The minimum Gasteiger partial charge on any atom is -0.319 e. The molecule has 1 aromatic rings. The van der Waals surface area contributed by atoms with Gasteiger partial charge in [-0.05, 0) is 19.1 Å². The molecule has 0 saturated carbocycles. The van der Waals surface area contributed by atoms with Gasteiger partial charge in [-0.2, -0.15) is 0 Å². The summed E-state index contributed by atoms with van der Waals surface area (Å²) in [5.74, 6) is 0. The summed E-state index contributed by atoms with van der Waals surface area (Å²) in [6.45, 7) is 5.79. The molecule has 0 spiro atoms. The second kappa shape index (κ2) is 7.74. The van der Waals surface area contributed by atoms with Crippen LogP contribution in [0, 0.1) is 6.92 Å². The molecule has 0 aliphatic rings. The zero-order valence-corrected chi connectivity index (χ0v) is 9.77. The Kier molecular flexibility index (Phi) is 6.89. The zero-order valence-electron chi connectivity index (χ0n) is 9.77. The van der Waals surface area contributed by atoms with E-state index in [4.69, 9.17) is 0 Å². The molecule has 0 radical (unpaired) electrons. The van der Waals surface area contributed by atoms with Gasteiger partial charge in [-0.3, -0.25) is 9.78 Å². The lowest BCUT2D eigenvalue weighted by Crippen LogP contribution is -2.12. The van der Waals surface area contributed by atoms with Crippen molar-refractivity contribution in [2.75, 3.05) is 0 Å². The van der Waals surface area contributed by atoms with E-state index in [1.807, 2.05) is 26.0 Å². The predicted octanol–water partition coefficient (Wildman–Crippen LogP) is 2.24. The van der Waals surface area contributed by atoms with Crippen LogP contribution in [0.25, 0.3) is 0 Å². The number of hydrogen-bond donors (Lipinski definition) is 0. The zero-order chi connectivity index (χ0) is 11.7. The summed E-state index contributed by atoms with van der Waals surface area (Å²) in [5.41, 5.74) is 0.637. The number of aromatic nitrogens is 2. The first-order valence-electron chi connectivity index (χ1n) is 5.03. The first-order valence-corrected chi connectivity index (χ1v) is 5.03. The molecule has 0 N–H and O–H groups in total. The molecular formula is C12H18N2O. The standard InChI is InChI=1S/C10H12N2O.C2H6/c1-9-8-10(13)12(2)7-5-3-4-6-11-9;1-2/h3-8H,1-2H3;1-2H3. The van der Waals surface area contributed by atoms with Crippen LogP contribution in [0.1, 0.15) is 19.5 Å². The molecule has 0 atom stereocenters. The minimum absolute atomic E-state index is 0.0683. The highest BCUT2D eigenvalue weighted by molar-refractivity contribution is 4.96. The van der Waals surface area contributed by atoms with Crippen LogP contribution in [0.5, 0.6) is 0 Å². The summed E-state index contributed by atoms with van der Waals surface area (Å²) in [6, 6.07) is 6.93. The van der Waals surface area contributed by atoms with Crippen LogP contribution in [-0.4, -0.2) is 9.55 Å². The molecule has 0 amide bonds. The fourth-order valence-corrected chi connectivity index (χ4v) is 0.844. The fraction of sp³-hybridized carbons (Fsp3) is 0.333. The third-order valence-corrected chi connectivity index (χ3v) is 1.58. The highest BCUT2D eigenvalue weighted by atomic mass is 16.1. The molecular weight excluding hydrogens is 188 g/mol. The van der Waals surface area contributed by atoms with Gasteiger partial charge in [0.1, 0.15) is 0 Å². The lowest BCUT2D eigenvalue weighted by atomic mass is 10.4. The Bertz CT molecular complexity index is 395. The Balaban J connectivity index is 0.000000921. The van der Waals surface area contributed by atoms with Crippen LogP contribution in [0.3, 0.4) is 0 Å². The molecule has 0 aliphatic heterocycles. The van der Waals surface area contributed by atoms with E-state index in [0.29, 0.717) is 5.69 Å². The molecule has 0 unspecified atom stereocenters. The van der Waals surface area contributed by atoms with Gasteiger partial charge < -0.3 is 4.57 Å². The van der Waals surface area contributed by atoms with Crippen LogP contribution in [0.15, 0.2) is 41.5 Å². The van der Waals surface area contributed by atoms with E-state index in [1.165, 1.54) is 10.6 Å². The molecule has 0 fully saturated rings. The van der Waals surface area contributed by atoms with E-state index in [-0.39, 0.29) is 5.56 Å². The van der Waals surface area contributed by atoms with Crippen LogP contribution in [0.2, 0.25) is 0 Å². The van der Waals surface area contributed by atoms with Crippen molar-refractivity contribution >= 4 is 0 Å². The van der Waals surface area contributed by atoms with Crippen LogP contribution in [0.4, 0.5) is 0 Å². The lowest BCUT2D eigenvalue weighted by Gasteiger charge is -1.89. The average Bonchev–Trinajstić information content (AvgIpc) is 2.24. The van der Waals surface area contributed by atoms with Gasteiger partial charge in [0.15, 0.2) is 0 Å². The normalized spacial score (nSPS) is 8.27. The van der Waals surface area contributed by atoms with Crippen molar-refractivity contribution in [3.05, 3.63) is 52.7 Å². The molecule has 0 bridgehead atoms. The second-order valence-electron chi connectivity index (χ2n) is 2.74. The van der Waals surface area contributed by atoms with E-state index >= 15 is 0 Å². The first kappa shape index (κ1) is 13.4. The van der Waals surface area contributed by atoms with Crippen molar-refractivity contribution in [3.8, 4) is 0 Å². The van der Waals surface area contributed by atoms with Crippen LogP contribution >= 0.6 is 0 Å². The largest absolute Gasteiger partial charge is 0.319 e. The molecule has 0 aliphatic carbocycles. The second-order valence-corrected chi connectivity index (χ2v) is 2.74. The fourth-order valence-electron chi connectivity index (χ4n) is 0.844. The van der Waals surface area contributed by atoms with Crippen molar-refractivity contribution in [2.45, 2.75) is 20.8 Å². The SMILES string of the molecule is CC.Cc1cc(=O)n(C)cccccn1. The predicted molar refractivity (Wildman–Crippen MR) is 63.2 cm³/mol. The Morgan fingerprint density at radius 3 is 2.53 bits per heavy atom. The Morgan fingerprint density at radius 2 is 1.87 bits per heavy atom. The maximum absolute atomic E-state index is 11.3. The monoisotopic (exact) mass is 206 g/mol. The average molecular weight is 206 g/mol. The highest BCUT2D eigenvalue weighted by Crippen LogP contribution is 1.80. The maximum Gasteiger partial charge on any atom is 0.252 e. The molecule has 1 heterocycles. The molecule has 15 heavy (non-hydrogen) atoms. The minimum atomic E-state index is -0.0683. The summed E-state index contributed by atoms with van der Waals surface area (Å²) in [4.78, 5) is 15.4. The third kappa shape index (κ3) is 5.62. The van der Waals surface area contributed by atoms with E-state index in [1.54, 1.807) is 32.4 Å². The molecule has 82 valence electrons. The summed E-state index contributed by atoms with van der Waals surface area (Å²) in [7, 11) is 1.71. The van der Waals surface area contributed by atoms with Gasteiger partial charge in [-0.1, -0.05) is 19.9 Å². The topological polar surface area (TPSA) is 34.9 Å². The lowest BCUT2D eigenvalue weighted by molar-refractivity contribution is 0.863. The van der Waals surface area contributed by atoms with Crippen molar-refractivity contribution in [1.82, 2.24) is 9.55 Å². The van der Waals surface area contributed by atoms with Gasteiger partial charge >= 0.3 is 0 Å². The van der Waals surface area contributed by atoms with Crippen LogP contribution < -0.4 is 5.56 Å². The summed E-state index contributed by atoms with van der Waals surface area (Å²) >= 11 is 0. The number of hydrogen-bond acceptors (Lipinski definition) is 2. The van der Waals surface area contributed by atoms with E-state index in [0.717, 1.165) is 0 Å². The number of nitrogens with zero attached hydrogens (tertiary/aromatic N) is 2. The molecule has 1 rings (SSSR count). The Morgan fingerprint density at radius 1 is 1.20 bits per heavy atom. The summed E-state index contributed by atoms with van der Waals surface area (Å²) in [6.07, 6.45) is 3.37. The van der Waals surface area contributed by atoms with Gasteiger partial charge in [0, 0.05) is 31.2 Å². The Labute approximate surface area is 90.7 Å². The number of rotatable bonds is 0. The van der Waals surface area contributed by atoms with Gasteiger partial charge in [-0.25, -0.2) is 0 Å². The van der Waals surface area contributed by atoms with Crippen LogP contribution in [-0.2, 0) is 7.05 Å². The van der Waals surface area contributed by atoms with E-state index in [2.05, 4.69) is 4.98 Å². The van der Waals surface area contributed by atoms with Gasteiger partial charge in [0.05, 0.1) is 0 Å². The maximum atomic E-state index is 11.3. The molecule has 0 aromatic carbocycles. The Hall–Kier alpha value is -1.64.